The molecular formula is C15H18N2O. The predicted molar refractivity (Wildman–Crippen MR) is 72.5 cm³/mol. The maximum Gasteiger partial charge on any atom is 0.251 e. The van der Waals surface area contributed by atoms with E-state index in [1.165, 1.54) is 17.0 Å². The third kappa shape index (κ3) is 2.45. The van der Waals surface area contributed by atoms with E-state index in [2.05, 4.69) is 29.8 Å². The smallest absolute Gasteiger partial charge is 0.251 e. The molecule has 0 bridgehead atoms. The first kappa shape index (κ1) is 12.4. The summed E-state index contributed by atoms with van der Waals surface area (Å²) in [6.45, 7) is 4.70. The molecule has 0 aliphatic heterocycles. The van der Waals surface area contributed by atoms with Crippen molar-refractivity contribution < 1.29 is 4.79 Å². The van der Waals surface area contributed by atoms with Crippen LogP contribution in [0.15, 0.2) is 36.4 Å². The first-order chi connectivity index (χ1) is 8.59. The van der Waals surface area contributed by atoms with Crippen LogP contribution in [0.5, 0.6) is 0 Å². The lowest BCUT2D eigenvalue weighted by atomic mass is 10.2. The molecule has 18 heavy (non-hydrogen) atoms. The standard InChI is InChI=1S/C15H18N2O/c1-11-9-14(12(2)17(11)3)10-16-15(18)13-7-5-4-6-8-13/h4-9H,10H2,1-3H3,(H,16,18). The number of carbonyl (C=O) groups excluding carboxylic acids is 1. The number of rotatable bonds is 3. The van der Waals surface area contributed by atoms with Gasteiger partial charge in [0.1, 0.15) is 0 Å². The van der Waals surface area contributed by atoms with E-state index < -0.39 is 0 Å². The van der Waals surface area contributed by atoms with E-state index in [1.54, 1.807) is 0 Å². The van der Waals surface area contributed by atoms with E-state index in [0.717, 1.165) is 0 Å². The molecule has 2 rings (SSSR count). The van der Waals surface area contributed by atoms with Gasteiger partial charge in [0.05, 0.1) is 0 Å². The number of aromatic nitrogens is 1. The molecule has 3 heteroatoms. The summed E-state index contributed by atoms with van der Waals surface area (Å²) in [5.74, 6) is -0.0310. The number of nitrogens with zero attached hydrogens (tertiary/aromatic N) is 1. The van der Waals surface area contributed by atoms with Gasteiger partial charge in [-0.15, -0.1) is 0 Å². The highest BCUT2D eigenvalue weighted by Crippen LogP contribution is 2.13. The van der Waals surface area contributed by atoms with Crippen molar-refractivity contribution in [2.45, 2.75) is 20.4 Å². The topological polar surface area (TPSA) is 34.0 Å². The van der Waals surface area contributed by atoms with Gasteiger partial charge in [-0.25, -0.2) is 0 Å². The summed E-state index contributed by atoms with van der Waals surface area (Å²) in [4.78, 5) is 11.9. The number of hydrogen-bond donors (Lipinski definition) is 1. The van der Waals surface area contributed by atoms with E-state index in [4.69, 9.17) is 0 Å². The monoisotopic (exact) mass is 242 g/mol. The molecule has 1 aromatic carbocycles. The summed E-state index contributed by atoms with van der Waals surface area (Å²) in [5.41, 5.74) is 4.26. The molecule has 0 spiro atoms. The molecule has 2 aromatic rings. The minimum Gasteiger partial charge on any atom is -0.352 e. The first-order valence-corrected chi connectivity index (χ1v) is 6.04. The lowest BCUT2D eigenvalue weighted by molar-refractivity contribution is 0.0951. The van der Waals surface area contributed by atoms with Gasteiger partial charge in [-0.3, -0.25) is 4.79 Å². The maximum atomic E-state index is 11.9. The summed E-state index contributed by atoms with van der Waals surface area (Å²) in [6.07, 6.45) is 0. The fourth-order valence-electron chi connectivity index (χ4n) is 1.98. The summed E-state index contributed by atoms with van der Waals surface area (Å²) in [5, 5.41) is 2.94. The quantitative estimate of drug-likeness (QED) is 0.882. The number of aryl methyl sites for hydroxylation is 1. The third-order valence-electron chi connectivity index (χ3n) is 3.36. The lowest BCUT2D eigenvalue weighted by Crippen LogP contribution is -2.22. The van der Waals surface area contributed by atoms with Crippen LogP contribution in [0.25, 0.3) is 0 Å². The molecule has 1 amide bonds. The highest BCUT2D eigenvalue weighted by atomic mass is 16.1. The van der Waals surface area contributed by atoms with Crippen LogP contribution in [0.3, 0.4) is 0 Å². The van der Waals surface area contributed by atoms with Crippen molar-refractivity contribution in [3.63, 3.8) is 0 Å². The predicted octanol–water partition coefficient (Wildman–Crippen LogP) is 2.57. The van der Waals surface area contributed by atoms with Crippen LogP contribution < -0.4 is 5.32 Å². The second kappa shape index (κ2) is 5.08. The molecule has 0 aliphatic carbocycles. The highest BCUT2D eigenvalue weighted by molar-refractivity contribution is 5.94. The Morgan fingerprint density at radius 1 is 1.22 bits per heavy atom. The van der Waals surface area contributed by atoms with Gasteiger partial charge in [-0.05, 0) is 37.6 Å². The maximum absolute atomic E-state index is 11.9. The second-order valence-corrected chi connectivity index (χ2v) is 4.50. The summed E-state index contributed by atoms with van der Waals surface area (Å²) in [6, 6.07) is 11.4. The van der Waals surface area contributed by atoms with Crippen LogP contribution in [0, 0.1) is 13.8 Å². The minimum atomic E-state index is -0.0310. The van der Waals surface area contributed by atoms with Crippen LogP contribution in [-0.2, 0) is 13.6 Å². The van der Waals surface area contributed by atoms with E-state index in [9.17, 15) is 4.79 Å². The Morgan fingerprint density at radius 3 is 2.44 bits per heavy atom. The number of nitrogens with one attached hydrogen (secondary N) is 1. The Kier molecular flexibility index (Phi) is 3.51. The molecule has 1 heterocycles. The number of benzene rings is 1. The van der Waals surface area contributed by atoms with E-state index in [1.807, 2.05) is 37.4 Å². The normalized spacial score (nSPS) is 10.4. The molecular weight excluding hydrogens is 224 g/mol. The molecule has 0 unspecified atom stereocenters. The fraction of sp³-hybridized carbons (Fsp3) is 0.267. The largest absolute Gasteiger partial charge is 0.352 e. The molecule has 0 saturated heterocycles. The summed E-state index contributed by atoms with van der Waals surface area (Å²) in [7, 11) is 2.03. The SMILES string of the molecule is Cc1cc(CNC(=O)c2ccccc2)c(C)n1C. The molecule has 0 radical (unpaired) electrons. The molecule has 0 atom stereocenters. The average molecular weight is 242 g/mol. The zero-order chi connectivity index (χ0) is 13.1. The fourth-order valence-corrected chi connectivity index (χ4v) is 1.98. The molecule has 94 valence electrons. The van der Waals surface area contributed by atoms with Gasteiger partial charge in [-0.2, -0.15) is 0 Å². The Bertz CT molecular complexity index is 555. The zero-order valence-electron chi connectivity index (χ0n) is 11.0. The van der Waals surface area contributed by atoms with E-state index in [-0.39, 0.29) is 5.91 Å². The minimum absolute atomic E-state index is 0.0310. The Hall–Kier alpha value is -2.03. The van der Waals surface area contributed by atoms with Crippen molar-refractivity contribution in [2.75, 3.05) is 0 Å². The van der Waals surface area contributed by atoms with Gasteiger partial charge in [0.2, 0.25) is 0 Å². The molecule has 1 aromatic heterocycles. The molecule has 3 nitrogen and oxygen atoms in total. The van der Waals surface area contributed by atoms with E-state index >= 15 is 0 Å². The van der Waals surface area contributed by atoms with Crippen molar-refractivity contribution in [3.05, 3.63) is 58.9 Å². The summed E-state index contributed by atoms with van der Waals surface area (Å²) < 4.78 is 2.13. The second-order valence-electron chi connectivity index (χ2n) is 4.50. The first-order valence-electron chi connectivity index (χ1n) is 6.04. The highest BCUT2D eigenvalue weighted by Gasteiger charge is 2.08. The Morgan fingerprint density at radius 2 is 1.89 bits per heavy atom. The van der Waals surface area contributed by atoms with Gasteiger partial charge < -0.3 is 9.88 Å². The number of hydrogen-bond acceptors (Lipinski definition) is 1. The number of carbonyl (C=O) groups is 1. The van der Waals surface area contributed by atoms with Crippen LogP contribution in [0.2, 0.25) is 0 Å². The van der Waals surface area contributed by atoms with Crippen molar-refractivity contribution in [2.24, 2.45) is 7.05 Å². The third-order valence-corrected chi connectivity index (χ3v) is 3.36. The van der Waals surface area contributed by atoms with Crippen molar-refractivity contribution in [3.8, 4) is 0 Å². The van der Waals surface area contributed by atoms with Crippen molar-refractivity contribution >= 4 is 5.91 Å². The molecule has 0 fully saturated rings. The molecule has 0 aliphatic rings. The molecule has 0 saturated carbocycles. The van der Waals surface area contributed by atoms with Gasteiger partial charge in [0.25, 0.3) is 5.91 Å². The average Bonchev–Trinajstić information content (AvgIpc) is 2.64. The van der Waals surface area contributed by atoms with Crippen molar-refractivity contribution in [1.82, 2.24) is 9.88 Å². The van der Waals surface area contributed by atoms with E-state index in [0.29, 0.717) is 12.1 Å². The van der Waals surface area contributed by atoms with Crippen molar-refractivity contribution in [1.29, 1.82) is 0 Å². The van der Waals surface area contributed by atoms with Gasteiger partial charge in [0, 0.05) is 30.5 Å². The number of amides is 1. The van der Waals surface area contributed by atoms with Crippen LogP contribution in [0.1, 0.15) is 27.3 Å². The van der Waals surface area contributed by atoms with Crippen LogP contribution in [0.4, 0.5) is 0 Å². The summed E-state index contributed by atoms with van der Waals surface area (Å²) >= 11 is 0. The van der Waals surface area contributed by atoms with Gasteiger partial charge >= 0.3 is 0 Å². The van der Waals surface area contributed by atoms with Crippen LogP contribution >= 0.6 is 0 Å². The Balaban J connectivity index is 2.04. The molecule has 1 N–H and O–H groups in total. The lowest BCUT2D eigenvalue weighted by Gasteiger charge is -2.05. The van der Waals surface area contributed by atoms with Crippen LogP contribution in [-0.4, -0.2) is 10.5 Å². The Labute approximate surface area is 107 Å². The zero-order valence-corrected chi connectivity index (χ0v) is 11.0. The van der Waals surface area contributed by atoms with Gasteiger partial charge in [0.15, 0.2) is 0 Å². The van der Waals surface area contributed by atoms with Gasteiger partial charge in [-0.1, -0.05) is 18.2 Å².